The van der Waals surface area contributed by atoms with Crippen molar-refractivity contribution in [3.63, 3.8) is 0 Å². The van der Waals surface area contributed by atoms with Crippen LogP contribution in [0.25, 0.3) is 0 Å². The van der Waals surface area contributed by atoms with Crippen LogP contribution in [0.2, 0.25) is 0 Å². The topological polar surface area (TPSA) is 56.1 Å². The van der Waals surface area contributed by atoms with E-state index in [0.717, 1.165) is 19.5 Å². The number of carbonyl (C=O) groups is 1. The molecule has 0 saturated carbocycles. The van der Waals surface area contributed by atoms with E-state index >= 15 is 0 Å². The van der Waals surface area contributed by atoms with E-state index in [4.69, 9.17) is 5.26 Å². The predicted octanol–water partition coefficient (Wildman–Crippen LogP) is -0.280. The minimum absolute atomic E-state index is 0.0362. The lowest BCUT2D eigenvalue weighted by atomic mass is 10.2. The van der Waals surface area contributed by atoms with Gasteiger partial charge < -0.3 is 10.2 Å². The molecular formula is C8H13N3O. The molecule has 1 rings (SSSR count). The third-order valence-corrected chi connectivity index (χ3v) is 2.03. The van der Waals surface area contributed by atoms with Gasteiger partial charge in [-0.05, 0) is 13.0 Å². The van der Waals surface area contributed by atoms with E-state index in [-0.39, 0.29) is 18.4 Å². The molecular weight excluding hydrogens is 154 g/mol. The summed E-state index contributed by atoms with van der Waals surface area (Å²) in [7, 11) is 1.78. The normalized spacial score (nSPS) is 24.8. The molecule has 4 heteroatoms. The van der Waals surface area contributed by atoms with Crippen molar-refractivity contribution in [3.05, 3.63) is 0 Å². The summed E-state index contributed by atoms with van der Waals surface area (Å²) in [4.78, 5) is 13.1. The number of hydrogen-bond acceptors (Lipinski definition) is 3. The van der Waals surface area contributed by atoms with Gasteiger partial charge in [-0.25, -0.2) is 0 Å². The first-order valence-electron chi connectivity index (χ1n) is 4.11. The standard InChI is InChI=1S/C8H13N3O/c1-11-6-2-5-10-7(3-4-9)8(11)12/h7,10H,2-3,5-6H2,1H3. The van der Waals surface area contributed by atoms with Crippen molar-refractivity contribution in [1.29, 1.82) is 5.26 Å². The molecule has 1 saturated heterocycles. The van der Waals surface area contributed by atoms with Gasteiger partial charge in [-0.1, -0.05) is 0 Å². The number of carbonyl (C=O) groups excluding carboxylic acids is 1. The molecule has 0 bridgehead atoms. The Morgan fingerprint density at radius 3 is 3.25 bits per heavy atom. The highest BCUT2D eigenvalue weighted by atomic mass is 16.2. The van der Waals surface area contributed by atoms with Crippen LogP contribution in [0.3, 0.4) is 0 Å². The van der Waals surface area contributed by atoms with Gasteiger partial charge in [-0.3, -0.25) is 4.79 Å². The average molecular weight is 167 g/mol. The SMILES string of the molecule is CN1CCCNC(CC#N)C1=O. The van der Waals surface area contributed by atoms with E-state index in [2.05, 4.69) is 5.32 Å². The van der Waals surface area contributed by atoms with Crippen LogP contribution in [-0.2, 0) is 4.79 Å². The molecule has 1 fully saturated rings. The molecule has 1 heterocycles. The van der Waals surface area contributed by atoms with E-state index in [1.807, 2.05) is 6.07 Å². The first-order chi connectivity index (χ1) is 5.75. The van der Waals surface area contributed by atoms with E-state index in [1.54, 1.807) is 11.9 Å². The van der Waals surface area contributed by atoms with Gasteiger partial charge in [-0.15, -0.1) is 0 Å². The second-order valence-corrected chi connectivity index (χ2v) is 2.98. The number of amides is 1. The van der Waals surface area contributed by atoms with Crippen LogP contribution in [-0.4, -0.2) is 37.0 Å². The molecule has 66 valence electrons. The molecule has 1 N–H and O–H groups in total. The van der Waals surface area contributed by atoms with Gasteiger partial charge in [-0.2, -0.15) is 5.26 Å². The fourth-order valence-electron chi connectivity index (χ4n) is 1.31. The van der Waals surface area contributed by atoms with Crippen LogP contribution < -0.4 is 5.32 Å². The molecule has 12 heavy (non-hydrogen) atoms. The van der Waals surface area contributed by atoms with E-state index in [0.29, 0.717) is 0 Å². The van der Waals surface area contributed by atoms with Crippen LogP contribution in [0, 0.1) is 11.3 Å². The molecule has 0 aliphatic carbocycles. The lowest BCUT2D eigenvalue weighted by molar-refractivity contribution is -0.131. The fourth-order valence-corrected chi connectivity index (χ4v) is 1.31. The fraction of sp³-hybridized carbons (Fsp3) is 0.750. The molecule has 1 unspecified atom stereocenters. The van der Waals surface area contributed by atoms with Crippen molar-refractivity contribution in [2.24, 2.45) is 0 Å². The zero-order valence-corrected chi connectivity index (χ0v) is 7.21. The van der Waals surface area contributed by atoms with Gasteiger partial charge in [0.15, 0.2) is 0 Å². The number of likely N-dealkylation sites (N-methyl/N-ethyl adjacent to an activating group) is 1. The second-order valence-electron chi connectivity index (χ2n) is 2.98. The number of nitrogens with zero attached hydrogens (tertiary/aromatic N) is 2. The number of rotatable bonds is 1. The molecule has 1 amide bonds. The monoisotopic (exact) mass is 167 g/mol. The van der Waals surface area contributed by atoms with Gasteiger partial charge in [0.1, 0.15) is 0 Å². The maximum absolute atomic E-state index is 11.4. The average Bonchev–Trinajstić information content (AvgIpc) is 2.20. The summed E-state index contributed by atoms with van der Waals surface area (Å²) in [5.74, 6) is 0.0362. The van der Waals surface area contributed by atoms with Crippen molar-refractivity contribution >= 4 is 5.91 Å². The summed E-state index contributed by atoms with van der Waals surface area (Å²) in [6.07, 6.45) is 1.23. The Bertz CT molecular complexity index is 209. The Morgan fingerprint density at radius 1 is 1.83 bits per heavy atom. The smallest absolute Gasteiger partial charge is 0.240 e. The summed E-state index contributed by atoms with van der Waals surface area (Å²) in [5, 5.41) is 11.5. The Hall–Kier alpha value is -1.08. The van der Waals surface area contributed by atoms with E-state index in [1.165, 1.54) is 0 Å². The van der Waals surface area contributed by atoms with Crippen molar-refractivity contribution < 1.29 is 4.79 Å². The highest BCUT2D eigenvalue weighted by Gasteiger charge is 2.23. The summed E-state index contributed by atoms with van der Waals surface area (Å²) in [5.41, 5.74) is 0. The zero-order valence-electron chi connectivity index (χ0n) is 7.21. The van der Waals surface area contributed by atoms with E-state index < -0.39 is 0 Å². The van der Waals surface area contributed by atoms with Crippen molar-refractivity contribution in [3.8, 4) is 6.07 Å². The number of nitriles is 1. The van der Waals surface area contributed by atoms with Crippen molar-refractivity contribution in [2.45, 2.75) is 18.9 Å². The summed E-state index contributed by atoms with van der Waals surface area (Å²) in [6, 6.07) is 1.72. The van der Waals surface area contributed by atoms with Crippen molar-refractivity contribution in [1.82, 2.24) is 10.2 Å². The maximum Gasteiger partial charge on any atom is 0.240 e. The first-order valence-corrected chi connectivity index (χ1v) is 4.11. The van der Waals surface area contributed by atoms with E-state index in [9.17, 15) is 4.79 Å². The summed E-state index contributed by atoms with van der Waals surface area (Å²) < 4.78 is 0. The highest BCUT2D eigenvalue weighted by Crippen LogP contribution is 2.02. The Kier molecular flexibility index (Phi) is 3.06. The molecule has 1 aliphatic rings. The van der Waals surface area contributed by atoms with Crippen LogP contribution in [0.1, 0.15) is 12.8 Å². The highest BCUT2D eigenvalue weighted by molar-refractivity contribution is 5.82. The van der Waals surface area contributed by atoms with Gasteiger partial charge in [0.2, 0.25) is 5.91 Å². The third kappa shape index (κ3) is 1.95. The molecule has 0 aromatic carbocycles. The third-order valence-electron chi connectivity index (χ3n) is 2.03. The van der Waals surface area contributed by atoms with Crippen molar-refractivity contribution in [2.75, 3.05) is 20.1 Å². The van der Waals surface area contributed by atoms with Crippen LogP contribution >= 0.6 is 0 Å². The number of hydrogen-bond donors (Lipinski definition) is 1. The molecule has 4 nitrogen and oxygen atoms in total. The predicted molar refractivity (Wildman–Crippen MR) is 44.3 cm³/mol. The first kappa shape index (κ1) is 9.01. The van der Waals surface area contributed by atoms with Gasteiger partial charge >= 0.3 is 0 Å². The Labute approximate surface area is 72.2 Å². The maximum atomic E-state index is 11.4. The quantitative estimate of drug-likeness (QED) is 0.584. The summed E-state index contributed by atoms with van der Waals surface area (Å²) >= 11 is 0. The lowest BCUT2D eigenvalue weighted by Crippen LogP contribution is -2.41. The minimum atomic E-state index is -0.289. The molecule has 0 aromatic rings. The summed E-state index contributed by atoms with van der Waals surface area (Å²) in [6.45, 7) is 1.61. The largest absolute Gasteiger partial charge is 0.344 e. The molecule has 0 aromatic heterocycles. The van der Waals surface area contributed by atoms with Gasteiger partial charge in [0.25, 0.3) is 0 Å². The Morgan fingerprint density at radius 2 is 2.58 bits per heavy atom. The Balaban J connectivity index is 2.59. The number of nitrogens with one attached hydrogen (secondary N) is 1. The van der Waals surface area contributed by atoms with Crippen LogP contribution in [0.15, 0.2) is 0 Å². The van der Waals surface area contributed by atoms with Crippen LogP contribution in [0.4, 0.5) is 0 Å². The molecule has 0 spiro atoms. The molecule has 1 atom stereocenters. The van der Waals surface area contributed by atoms with Crippen LogP contribution in [0.5, 0.6) is 0 Å². The molecule has 1 aliphatic heterocycles. The second kappa shape index (κ2) is 4.07. The molecule has 0 radical (unpaired) electrons. The lowest BCUT2D eigenvalue weighted by Gasteiger charge is -2.17. The minimum Gasteiger partial charge on any atom is -0.344 e. The zero-order chi connectivity index (χ0) is 8.97. The van der Waals surface area contributed by atoms with Gasteiger partial charge in [0.05, 0.1) is 18.5 Å². The van der Waals surface area contributed by atoms with Gasteiger partial charge in [0, 0.05) is 13.6 Å².